The number of hydrogen-bond donors (Lipinski definition) is 0. The van der Waals surface area contributed by atoms with Crippen LogP contribution in [0.5, 0.6) is 0 Å². The van der Waals surface area contributed by atoms with E-state index in [1.807, 2.05) is 0 Å². The predicted octanol–water partition coefficient (Wildman–Crippen LogP) is 7.59. The van der Waals surface area contributed by atoms with E-state index >= 15 is 0 Å². The molecule has 0 aromatic carbocycles. The molecule has 0 N–H and O–H groups in total. The molecule has 0 aromatic heterocycles. The number of esters is 1. The highest BCUT2D eigenvalue weighted by molar-refractivity contribution is 6.57. The zero-order valence-corrected chi connectivity index (χ0v) is 17.4. The lowest BCUT2D eigenvalue weighted by atomic mass is 10.0. The van der Waals surface area contributed by atoms with Crippen molar-refractivity contribution in [3.05, 3.63) is 0 Å². The maximum Gasteiger partial charge on any atom is 0.342 e. The third-order valence-corrected chi connectivity index (χ3v) is 5.10. The summed E-state index contributed by atoms with van der Waals surface area (Å²) in [6.07, 6.45) is 18.7. The molecule has 4 heteroatoms. The van der Waals surface area contributed by atoms with Gasteiger partial charge in [0, 0.05) is 0 Å². The Balaban J connectivity index is 3.29. The molecule has 0 bridgehead atoms. The number of unbranched alkanes of at least 4 members (excludes halogenated alkanes) is 13. The first-order valence-electron chi connectivity index (χ1n) is 10.1. The second-order valence-electron chi connectivity index (χ2n) is 6.77. The second kappa shape index (κ2) is 16.5. The van der Waals surface area contributed by atoms with Crippen LogP contribution in [0, 0.1) is 0 Å². The maximum absolute atomic E-state index is 11.5. The molecule has 2 nitrogen and oxygen atoms in total. The van der Waals surface area contributed by atoms with Gasteiger partial charge in [0.05, 0.1) is 6.61 Å². The van der Waals surface area contributed by atoms with Crippen molar-refractivity contribution in [2.75, 3.05) is 6.61 Å². The van der Waals surface area contributed by atoms with Gasteiger partial charge in [-0.05, 0) is 19.8 Å². The first-order chi connectivity index (χ1) is 11.5. The fourth-order valence-corrected chi connectivity index (χ4v) is 3.26. The maximum atomic E-state index is 11.5. The van der Waals surface area contributed by atoms with E-state index in [1.54, 1.807) is 6.92 Å². The largest absolute Gasteiger partial charge is 0.464 e. The summed E-state index contributed by atoms with van der Waals surface area (Å²) in [7, 11) is 0. The molecule has 0 atom stereocenters. The Morgan fingerprint density at radius 2 is 1.08 bits per heavy atom. The van der Waals surface area contributed by atoms with E-state index in [9.17, 15) is 4.79 Å². The summed E-state index contributed by atoms with van der Waals surface area (Å²) in [5, 5.41) is 0. The van der Waals surface area contributed by atoms with E-state index in [2.05, 4.69) is 6.92 Å². The Labute approximate surface area is 160 Å². The first-order valence-corrected chi connectivity index (χ1v) is 10.8. The molecule has 0 fully saturated rings. The third-order valence-electron chi connectivity index (χ3n) is 4.42. The van der Waals surface area contributed by atoms with Crippen LogP contribution in [-0.4, -0.2) is 16.9 Å². The van der Waals surface area contributed by atoms with Crippen LogP contribution in [0.25, 0.3) is 0 Å². The number of alkyl halides is 2. The van der Waals surface area contributed by atoms with Crippen LogP contribution in [0.4, 0.5) is 0 Å². The Morgan fingerprint density at radius 1 is 0.708 bits per heavy atom. The molecule has 0 aromatic rings. The lowest BCUT2D eigenvalue weighted by Gasteiger charge is -2.17. The van der Waals surface area contributed by atoms with Crippen molar-refractivity contribution in [3.8, 4) is 0 Å². The van der Waals surface area contributed by atoms with Crippen molar-refractivity contribution in [1.29, 1.82) is 0 Å². The van der Waals surface area contributed by atoms with Crippen molar-refractivity contribution >= 4 is 29.2 Å². The normalized spacial score (nSPS) is 11.7. The molecule has 0 unspecified atom stereocenters. The van der Waals surface area contributed by atoms with Crippen molar-refractivity contribution in [1.82, 2.24) is 0 Å². The first kappa shape index (κ1) is 24.1. The molecule has 24 heavy (non-hydrogen) atoms. The highest BCUT2D eigenvalue weighted by Crippen LogP contribution is 2.29. The topological polar surface area (TPSA) is 26.3 Å². The van der Waals surface area contributed by atoms with Crippen LogP contribution in [0.3, 0.4) is 0 Å². The number of carbonyl (C=O) groups excluding carboxylic acids is 1. The van der Waals surface area contributed by atoms with E-state index in [0.29, 0.717) is 13.0 Å². The number of hydrogen-bond acceptors (Lipinski definition) is 2. The van der Waals surface area contributed by atoms with Gasteiger partial charge in [0.25, 0.3) is 0 Å². The van der Waals surface area contributed by atoms with Gasteiger partial charge >= 0.3 is 5.97 Å². The Kier molecular flexibility index (Phi) is 16.5. The van der Waals surface area contributed by atoms with Gasteiger partial charge in [-0.2, -0.15) is 0 Å². The molecule has 0 heterocycles. The summed E-state index contributed by atoms with van der Waals surface area (Å²) in [4.78, 5) is 11.5. The molecule has 0 aliphatic heterocycles. The predicted molar refractivity (Wildman–Crippen MR) is 106 cm³/mol. The lowest BCUT2D eigenvalue weighted by Crippen LogP contribution is -2.28. The van der Waals surface area contributed by atoms with Crippen molar-refractivity contribution in [2.24, 2.45) is 0 Å². The van der Waals surface area contributed by atoms with Crippen molar-refractivity contribution < 1.29 is 9.53 Å². The molecule has 0 saturated heterocycles. The minimum atomic E-state index is -1.37. The average Bonchev–Trinajstić information content (AvgIpc) is 2.55. The number of carbonyl (C=O) groups is 1. The summed E-state index contributed by atoms with van der Waals surface area (Å²) < 4.78 is 3.51. The Bertz CT molecular complexity index is 293. The monoisotopic (exact) mass is 380 g/mol. The highest BCUT2D eigenvalue weighted by atomic mass is 35.5. The summed E-state index contributed by atoms with van der Waals surface area (Å²) in [6.45, 7) is 4.34. The molecule has 0 amide bonds. The van der Waals surface area contributed by atoms with E-state index in [4.69, 9.17) is 27.9 Å². The van der Waals surface area contributed by atoms with Crippen molar-refractivity contribution in [2.45, 2.75) is 114 Å². The fourth-order valence-electron chi connectivity index (χ4n) is 2.88. The van der Waals surface area contributed by atoms with Gasteiger partial charge < -0.3 is 4.74 Å². The Morgan fingerprint density at radius 3 is 1.46 bits per heavy atom. The van der Waals surface area contributed by atoms with E-state index in [-0.39, 0.29) is 0 Å². The molecular formula is C20H38Cl2O2. The molecule has 0 radical (unpaired) electrons. The second-order valence-corrected chi connectivity index (χ2v) is 8.26. The highest BCUT2D eigenvalue weighted by Gasteiger charge is 2.34. The summed E-state index contributed by atoms with van der Waals surface area (Å²) in [6, 6.07) is 0. The van der Waals surface area contributed by atoms with Gasteiger partial charge in [0.15, 0.2) is 0 Å². The quantitative estimate of drug-likeness (QED) is 0.147. The van der Waals surface area contributed by atoms with E-state index < -0.39 is 10.3 Å². The molecular weight excluding hydrogens is 343 g/mol. The van der Waals surface area contributed by atoms with Crippen LogP contribution in [0.15, 0.2) is 0 Å². The standard InChI is InChI=1S/C20H38Cl2O2/c1-3-5-6-7-8-9-10-11-12-13-14-15-16-17-18-20(21,22)19(23)24-4-2/h3-18H2,1-2H3. The number of halogens is 2. The minimum absolute atomic E-state index is 0.318. The molecule has 144 valence electrons. The van der Waals surface area contributed by atoms with Crippen LogP contribution in [0.1, 0.15) is 110 Å². The third kappa shape index (κ3) is 14.4. The van der Waals surface area contributed by atoms with E-state index in [1.165, 1.54) is 77.0 Å². The molecule has 0 saturated carbocycles. The molecule has 0 spiro atoms. The molecule has 0 rings (SSSR count). The Hall–Kier alpha value is 0.0500. The van der Waals surface area contributed by atoms with Crippen molar-refractivity contribution in [3.63, 3.8) is 0 Å². The van der Waals surface area contributed by atoms with Gasteiger partial charge in [-0.3, -0.25) is 0 Å². The fraction of sp³-hybridized carbons (Fsp3) is 0.950. The minimum Gasteiger partial charge on any atom is -0.464 e. The molecule has 0 aliphatic rings. The summed E-state index contributed by atoms with van der Waals surface area (Å²) >= 11 is 12.0. The van der Waals surface area contributed by atoms with Gasteiger partial charge in [0.2, 0.25) is 4.33 Å². The van der Waals surface area contributed by atoms with Gasteiger partial charge in [-0.25, -0.2) is 4.79 Å². The van der Waals surface area contributed by atoms with Crippen LogP contribution in [0.2, 0.25) is 0 Å². The lowest BCUT2D eigenvalue weighted by molar-refractivity contribution is -0.144. The van der Waals surface area contributed by atoms with Gasteiger partial charge in [0.1, 0.15) is 0 Å². The van der Waals surface area contributed by atoms with Gasteiger partial charge in [-0.15, -0.1) is 0 Å². The van der Waals surface area contributed by atoms with Crippen LogP contribution < -0.4 is 0 Å². The summed E-state index contributed by atoms with van der Waals surface area (Å²) in [5.74, 6) is -0.511. The van der Waals surface area contributed by atoms with E-state index in [0.717, 1.165) is 12.8 Å². The number of ether oxygens (including phenoxy) is 1. The zero-order valence-electron chi connectivity index (χ0n) is 15.9. The number of rotatable bonds is 17. The smallest absolute Gasteiger partial charge is 0.342 e. The SMILES string of the molecule is CCCCCCCCCCCCCCCCC(Cl)(Cl)C(=O)OCC. The average molecular weight is 381 g/mol. The molecule has 0 aliphatic carbocycles. The van der Waals surface area contributed by atoms with Gasteiger partial charge in [-0.1, -0.05) is 114 Å². The zero-order chi connectivity index (χ0) is 18.1. The van der Waals surface area contributed by atoms with Crippen LogP contribution >= 0.6 is 23.2 Å². The summed E-state index contributed by atoms with van der Waals surface area (Å²) in [5.41, 5.74) is 0. The van der Waals surface area contributed by atoms with Crippen LogP contribution in [-0.2, 0) is 9.53 Å².